The minimum absolute atomic E-state index is 0.112. The number of aromatic nitrogens is 5. The fraction of sp³-hybridized carbons (Fsp3) is 0.292. The van der Waals surface area contributed by atoms with Gasteiger partial charge in [-0.15, -0.1) is 5.10 Å². The molecule has 0 saturated carbocycles. The molecule has 9 nitrogen and oxygen atoms in total. The molecule has 4 aromatic rings. The molecule has 1 aromatic carbocycles. The average molecular weight is 462 g/mol. The van der Waals surface area contributed by atoms with Crippen molar-refractivity contribution < 1.29 is 13.6 Å². The van der Waals surface area contributed by atoms with E-state index in [1.54, 1.807) is 24.6 Å². The third kappa shape index (κ3) is 3.96. The van der Waals surface area contributed by atoms with Gasteiger partial charge in [0, 0.05) is 42.7 Å². The maximum absolute atomic E-state index is 14.7. The third-order valence-electron chi connectivity index (χ3n) is 5.78. The Labute approximate surface area is 195 Å². The first-order valence-corrected chi connectivity index (χ1v) is 11.1. The Kier molecular flexibility index (Phi) is 5.45. The lowest BCUT2D eigenvalue weighted by Crippen LogP contribution is -2.28. The van der Waals surface area contributed by atoms with Crippen molar-refractivity contribution in [1.82, 2.24) is 29.9 Å². The molecule has 0 saturated heterocycles. The molecule has 0 bridgehead atoms. The molecule has 1 amide bonds. The number of anilines is 1. The number of halogens is 1. The minimum atomic E-state index is -0.511. The quantitative estimate of drug-likeness (QED) is 0.463. The Morgan fingerprint density at radius 3 is 2.85 bits per heavy atom. The molecule has 5 rings (SSSR count). The average Bonchev–Trinajstić information content (AvgIpc) is 3.50. The van der Waals surface area contributed by atoms with E-state index in [-0.39, 0.29) is 29.2 Å². The Hall–Kier alpha value is -3.92. The first-order valence-electron chi connectivity index (χ1n) is 11.1. The van der Waals surface area contributed by atoms with Crippen molar-refractivity contribution in [2.24, 2.45) is 0 Å². The van der Waals surface area contributed by atoms with Crippen LogP contribution in [0.5, 0.6) is 0 Å². The topological polar surface area (TPSA) is 110 Å². The fourth-order valence-electron chi connectivity index (χ4n) is 4.23. The summed E-state index contributed by atoms with van der Waals surface area (Å²) < 4.78 is 21.6. The van der Waals surface area contributed by atoms with Gasteiger partial charge in [0.15, 0.2) is 11.7 Å². The molecule has 10 heteroatoms. The first kappa shape index (κ1) is 21.9. The van der Waals surface area contributed by atoms with Gasteiger partial charge in [-0.1, -0.05) is 13.0 Å². The number of hydrogen-bond acceptors (Lipinski definition) is 7. The second-order valence-electron chi connectivity index (χ2n) is 8.36. The number of oxazole rings is 1. The van der Waals surface area contributed by atoms with E-state index in [4.69, 9.17) is 4.42 Å². The summed E-state index contributed by atoms with van der Waals surface area (Å²) in [4.78, 5) is 25.5. The van der Waals surface area contributed by atoms with E-state index in [1.807, 2.05) is 6.20 Å². The van der Waals surface area contributed by atoms with Crippen LogP contribution in [0.2, 0.25) is 0 Å². The van der Waals surface area contributed by atoms with Crippen LogP contribution in [0.4, 0.5) is 10.1 Å². The lowest BCUT2D eigenvalue weighted by Gasteiger charge is -2.14. The molecule has 2 unspecified atom stereocenters. The molecule has 34 heavy (non-hydrogen) atoms. The van der Waals surface area contributed by atoms with E-state index in [0.717, 1.165) is 17.6 Å². The molecule has 174 valence electrons. The number of nitrogens with one attached hydrogen (secondary N) is 2. The summed E-state index contributed by atoms with van der Waals surface area (Å²) >= 11 is 0. The molecular formula is C24H24FN7O2. The highest BCUT2D eigenvalue weighted by molar-refractivity contribution is 6.03. The van der Waals surface area contributed by atoms with Gasteiger partial charge in [-0.3, -0.25) is 4.79 Å². The molecule has 0 spiro atoms. The SMILES string of the molecule is CCC1NC(C)C=C1c1cnc2nc(-c3cc(NC(=O)c4oc(C)nc4C)ccc3F)nn2c1. The number of carbonyl (C=O) groups excluding carboxylic acids is 1. The van der Waals surface area contributed by atoms with Gasteiger partial charge in [-0.05, 0) is 44.0 Å². The largest absolute Gasteiger partial charge is 0.436 e. The van der Waals surface area contributed by atoms with Crippen LogP contribution in [0.1, 0.15) is 48.0 Å². The lowest BCUT2D eigenvalue weighted by atomic mass is 10.0. The van der Waals surface area contributed by atoms with Gasteiger partial charge >= 0.3 is 0 Å². The van der Waals surface area contributed by atoms with Crippen molar-refractivity contribution >= 4 is 22.9 Å². The molecule has 0 fully saturated rings. The molecule has 2 atom stereocenters. The highest BCUT2D eigenvalue weighted by Gasteiger charge is 2.24. The van der Waals surface area contributed by atoms with Crippen LogP contribution in [-0.2, 0) is 0 Å². The van der Waals surface area contributed by atoms with E-state index in [9.17, 15) is 9.18 Å². The summed E-state index contributed by atoms with van der Waals surface area (Å²) in [5, 5.41) is 10.7. The Balaban J connectivity index is 1.46. The smallest absolute Gasteiger partial charge is 0.293 e. The molecule has 0 radical (unpaired) electrons. The van der Waals surface area contributed by atoms with Crippen molar-refractivity contribution in [1.29, 1.82) is 0 Å². The maximum atomic E-state index is 14.7. The summed E-state index contributed by atoms with van der Waals surface area (Å²) in [5.41, 5.74) is 3.11. The summed E-state index contributed by atoms with van der Waals surface area (Å²) in [6.07, 6.45) is 6.74. The highest BCUT2D eigenvalue weighted by Crippen LogP contribution is 2.28. The molecule has 4 heterocycles. The van der Waals surface area contributed by atoms with Crippen LogP contribution in [0.25, 0.3) is 22.7 Å². The van der Waals surface area contributed by atoms with Gasteiger partial charge in [-0.2, -0.15) is 4.98 Å². The van der Waals surface area contributed by atoms with Crippen LogP contribution in [0.15, 0.2) is 41.1 Å². The first-order chi connectivity index (χ1) is 16.3. The summed E-state index contributed by atoms with van der Waals surface area (Å²) in [7, 11) is 0. The number of nitrogens with zero attached hydrogens (tertiary/aromatic N) is 5. The predicted octanol–water partition coefficient (Wildman–Crippen LogP) is 3.94. The van der Waals surface area contributed by atoms with Gasteiger partial charge in [0.1, 0.15) is 5.82 Å². The van der Waals surface area contributed by atoms with Crippen LogP contribution in [-0.4, -0.2) is 42.6 Å². The van der Waals surface area contributed by atoms with Crippen molar-refractivity contribution in [3.05, 3.63) is 65.4 Å². The fourth-order valence-corrected chi connectivity index (χ4v) is 4.23. The number of aryl methyl sites for hydroxylation is 2. The second kappa shape index (κ2) is 8.45. The molecule has 1 aliphatic rings. The molecule has 2 N–H and O–H groups in total. The van der Waals surface area contributed by atoms with E-state index < -0.39 is 11.7 Å². The van der Waals surface area contributed by atoms with Gasteiger partial charge in [0.25, 0.3) is 11.7 Å². The van der Waals surface area contributed by atoms with E-state index >= 15 is 0 Å². The van der Waals surface area contributed by atoms with Crippen molar-refractivity contribution in [2.45, 2.75) is 46.2 Å². The summed E-state index contributed by atoms with van der Waals surface area (Å²) in [6.45, 7) is 7.58. The summed E-state index contributed by atoms with van der Waals surface area (Å²) in [5.74, 6) is 0.0526. The van der Waals surface area contributed by atoms with Crippen molar-refractivity contribution in [2.75, 3.05) is 5.32 Å². The van der Waals surface area contributed by atoms with Crippen LogP contribution < -0.4 is 10.6 Å². The van der Waals surface area contributed by atoms with Gasteiger partial charge in [0.05, 0.1) is 11.3 Å². The molecule has 0 aliphatic carbocycles. The monoisotopic (exact) mass is 461 g/mol. The normalized spacial score (nSPS) is 17.9. The molecule has 3 aromatic heterocycles. The second-order valence-corrected chi connectivity index (χ2v) is 8.36. The maximum Gasteiger partial charge on any atom is 0.293 e. The zero-order chi connectivity index (χ0) is 24.0. The van der Waals surface area contributed by atoms with Crippen LogP contribution >= 0.6 is 0 Å². The van der Waals surface area contributed by atoms with E-state index in [2.05, 4.69) is 50.6 Å². The zero-order valence-corrected chi connectivity index (χ0v) is 19.3. The number of benzene rings is 1. The van der Waals surface area contributed by atoms with E-state index in [1.165, 1.54) is 18.2 Å². The molecule has 1 aliphatic heterocycles. The Morgan fingerprint density at radius 1 is 1.29 bits per heavy atom. The number of amides is 1. The predicted molar refractivity (Wildman–Crippen MR) is 125 cm³/mol. The number of rotatable bonds is 5. The Bertz CT molecular complexity index is 1440. The lowest BCUT2D eigenvalue weighted by molar-refractivity contribution is 0.0994. The van der Waals surface area contributed by atoms with Gasteiger partial charge < -0.3 is 15.1 Å². The van der Waals surface area contributed by atoms with E-state index in [0.29, 0.717) is 23.0 Å². The zero-order valence-electron chi connectivity index (χ0n) is 19.3. The van der Waals surface area contributed by atoms with Crippen molar-refractivity contribution in [3.8, 4) is 11.4 Å². The number of carbonyl (C=O) groups is 1. The molecular weight excluding hydrogens is 437 g/mol. The van der Waals surface area contributed by atoms with Crippen LogP contribution in [0.3, 0.4) is 0 Å². The summed E-state index contributed by atoms with van der Waals surface area (Å²) in [6, 6.07) is 4.73. The minimum Gasteiger partial charge on any atom is -0.436 e. The highest BCUT2D eigenvalue weighted by atomic mass is 19.1. The standard InChI is InChI=1S/C24H24FN7O2/c1-5-20-17(8-12(2)27-20)15-10-26-24-30-22(31-32(24)11-15)18-9-16(6-7-19(18)25)29-23(33)21-13(3)28-14(4)34-21/h6-12,20,27H,5H2,1-4H3,(H,29,33). The van der Waals surface area contributed by atoms with Crippen molar-refractivity contribution in [3.63, 3.8) is 0 Å². The van der Waals surface area contributed by atoms with Gasteiger partial charge in [0.2, 0.25) is 5.76 Å². The third-order valence-corrected chi connectivity index (χ3v) is 5.78. The van der Waals surface area contributed by atoms with Gasteiger partial charge in [-0.25, -0.2) is 18.9 Å². The number of hydrogen-bond donors (Lipinski definition) is 2. The van der Waals surface area contributed by atoms with Crippen LogP contribution in [0, 0.1) is 19.7 Å². The number of fused-ring (bicyclic) bond motifs is 1. The Morgan fingerprint density at radius 2 is 2.12 bits per heavy atom.